The van der Waals surface area contributed by atoms with Gasteiger partial charge in [-0.1, -0.05) is 18.2 Å². The fourth-order valence-electron chi connectivity index (χ4n) is 4.60. The summed E-state index contributed by atoms with van der Waals surface area (Å²) in [4.78, 5) is 37.7. The molecule has 2 aromatic carbocycles. The van der Waals surface area contributed by atoms with E-state index < -0.39 is 4.92 Å². The van der Waals surface area contributed by atoms with Gasteiger partial charge in [0, 0.05) is 55.7 Å². The van der Waals surface area contributed by atoms with E-state index in [4.69, 9.17) is 19.4 Å². The first kappa shape index (κ1) is 23.7. The van der Waals surface area contributed by atoms with E-state index in [9.17, 15) is 14.9 Å². The third-order valence-corrected chi connectivity index (χ3v) is 6.51. The average molecular weight is 490 g/mol. The third-order valence-electron chi connectivity index (χ3n) is 6.51. The van der Waals surface area contributed by atoms with Crippen LogP contribution in [-0.4, -0.2) is 65.7 Å². The van der Waals surface area contributed by atoms with Gasteiger partial charge in [-0.25, -0.2) is 9.97 Å². The van der Waals surface area contributed by atoms with Gasteiger partial charge in [-0.3, -0.25) is 14.9 Å². The Bertz CT molecular complexity index is 1270. The Balaban J connectivity index is 1.44. The number of ether oxygens (including phenoxy) is 2. The maximum Gasteiger partial charge on any atom is 0.270 e. The molecule has 0 saturated carbocycles. The van der Waals surface area contributed by atoms with Crippen LogP contribution in [0.1, 0.15) is 33.0 Å². The smallest absolute Gasteiger partial charge is 0.270 e. The largest absolute Gasteiger partial charge is 0.497 e. The van der Waals surface area contributed by atoms with E-state index in [2.05, 4.69) is 4.90 Å². The summed E-state index contributed by atoms with van der Waals surface area (Å²) in [6, 6.07) is 13.7. The molecule has 186 valence electrons. The fraction of sp³-hybridized carbons (Fsp3) is 0.346. The summed E-state index contributed by atoms with van der Waals surface area (Å²) in [5.41, 5.74) is 3.16. The lowest BCUT2D eigenvalue weighted by Crippen LogP contribution is -2.41. The van der Waals surface area contributed by atoms with Gasteiger partial charge in [0.05, 0.1) is 37.5 Å². The fourth-order valence-corrected chi connectivity index (χ4v) is 4.60. The first-order valence-corrected chi connectivity index (χ1v) is 11.9. The highest BCUT2D eigenvalue weighted by Gasteiger charge is 2.29. The molecule has 3 heterocycles. The molecule has 0 aliphatic carbocycles. The molecule has 10 heteroatoms. The monoisotopic (exact) mass is 489 g/mol. The molecule has 1 saturated heterocycles. The van der Waals surface area contributed by atoms with Crippen LogP contribution in [0.3, 0.4) is 0 Å². The molecule has 0 atom stereocenters. The number of aromatic nitrogens is 2. The van der Waals surface area contributed by atoms with Crippen LogP contribution >= 0.6 is 0 Å². The molecule has 1 aromatic heterocycles. The number of carbonyl (C=O) groups excluding carboxylic acids is 1. The minimum absolute atomic E-state index is 0.0984. The molecule has 1 fully saturated rings. The van der Waals surface area contributed by atoms with E-state index in [-0.39, 0.29) is 11.6 Å². The summed E-state index contributed by atoms with van der Waals surface area (Å²) in [7, 11) is 1.64. The Hall–Kier alpha value is -4.05. The molecule has 2 aliphatic rings. The quantitative estimate of drug-likeness (QED) is 0.384. The molecule has 0 N–H and O–H groups in total. The number of nitrogens with zero attached hydrogens (tertiary/aromatic N) is 5. The van der Waals surface area contributed by atoms with Crippen molar-refractivity contribution < 1.29 is 19.2 Å². The molecule has 0 bridgehead atoms. The van der Waals surface area contributed by atoms with E-state index in [0.717, 1.165) is 34.2 Å². The Labute approximate surface area is 208 Å². The summed E-state index contributed by atoms with van der Waals surface area (Å²) >= 11 is 0. The lowest BCUT2D eigenvalue weighted by molar-refractivity contribution is -0.384. The number of morpholine rings is 1. The van der Waals surface area contributed by atoms with Crippen molar-refractivity contribution in [3.8, 4) is 5.75 Å². The molecule has 5 rings (SSSR count). The number of fused-ring (bicyclic) bond motifs is 1. The van der Waals surface area contributed by atoms with Crippen molar-refractivity contribution in [1.29, 1.82) is 0 Å². The third kappa shape index (κ3) is 4.99. The number of hydrogen-bond donors (Lipinski definition) is 0. The number of carbonyl (C=O) groups is 1. The van der Waals surface area contributed by atoms with Crippen molar-refractivity contribution in [2.45, 2.75) is 19.4 Å². The Morgan fingerprint density at radius 3 is 2.61 bits per heavy atom. The molecular weight excluding hydrogens is 462 g/mol. The lowest BCUT2D eigenvalue weighted by atomic mass is 10.0. The van der Waals surface area contributed by atoms with Crippen molar-refractivity contribution in [3.63, 3.8) is 0 Å². The van der Waals surface area contributed by atoms with E-state index in [0.29, 0.717) is 57.8 Å². The zero-order valence-electron chi connectivity index (χ0n) is 20.1. The van der Waals surface area contributed by atoms with Gasteiger partial charge in [0.1, 0.15) is 17.4 Å². The van der Waals surface area contributed by atoms with Gasteiger partial charge < -0.3 is 19.3 Å². The first-order valence-electron chi connectivity index (χ1n) is 11.9. The minimum Gasteiger partial charge on any atom is -0.497 e. The van der Waals surface area contributed by atoms with Crippen molar-refractivity contribution >= 4 is 17.4 Å². The van der Waals surface area contributed by atoms with Crippen LogP contribution in [0.2, 0.25) is 0 Å². The van der Waals surface area contributed by atoms with Crippen molar-refractivity contribution in [1.82, 2.24) is 14.9 Å². The van der Waals surface area contributed by atoms with Crippen LogP contribution in [0.4, 0.5) is 11.5 Å². The molecular formula is C26H27N5O5. The van der Waals surface area contributed by atoms with Crippen LogP contribution < -0.4 is 9.64 Å². The van der Waals surface area contributed by atoms with Crippen LogP contribution in [0.25, 0.3) is 0 Å². The van der Waals surface area contributed by atoms with E-state index in [1.54, 1.807) is 18.1 Å². The molecule has 0 radical (unpaired) electrons. The Morgan fingerprint density at radius 1 is 1.11 bits per heavy atom. The highest BCUT2D eigenvalue weighted by molar-refractivity contribution is 5.95. The summed E-state index contributed by atoms with van der Waals surface area (Å²) in [6.45, 7) is 3.49. The standard InChI is InChI=1S/C26H27N5O5/c1-35-21-7-5-18(6-8-21)15-24-27-23-9-10-30(26(32)19-3-2-4-20(16-19)31(33)34)17-22(23)25(28-24)29-11-13-36-14-12-29/h2-8,16H,9-15,17H2,1H3. The summed E-state index contributed by atoms with van der Waals surface area (Å²) < 4.78 is 10.8. The van der Waals surface area contributed by atoms with Gasteiger partial charge in [0.2, 0.25) is 0 Å². The van der Waals surface area contributed by atoms with Gasteiger partial charge in [-0.15, -0.1) is 0 Å². The van der Waals surface area contributed by atoms with Crippen molar-refractivity contribution in [2.75, 3.05) is 44.9 Å². The van der Waals surface area contributed by atoms with Crippen molar-refractivity contribution in [3.05, 3.63) is 86.9 Å². The lowest BCUT2D eigenvalue weighted by Gasteiger charge is -2.34. The van der Waals surface area contributed by atoms with Gasteiger partial charge in [-0.2, -0.15) is 0 Å². The van der Waals surface area contributed by atoms with Crippen LogP contribution in [0.5, 0.6) is 5.75 Å². The van der Waals surface area contributed by atoms with Crippen molar-refractivity contribution in [2.24, 2.45) is 0 Å². The maximum atomic E-state index is 13.3. The number of rotatable bonds is 6. The number of non-ortho nitro benzene ring substituents is 1. The number of anilines is 1. The zero-order valence-corrected chi connectivity index (χ0v) is 20.1. The number of amides is 1. The highest BCUT2D eigenvalue weighted by Crippen LogP contribution is 2.29. The maximum absolute atomic E-state index is 13.3. The number of methoxy groups -OCH3 is 1. The molecule has 36 heavy (non-hydrogen) atoms. The molecule has 1 amide bonds. The molecule has 0 spiro atoms. The van der Waals surface area contributed by atoms with Gasteiger partial charge in [0.25, 0.3) is 11.6 Å². The predicted octanol–water partition coefficient (Wildman–Crippen LogP) is 3.02. The first-order chi connectivity index (χ1) is 17.5. The minimum atomic E-state index is -0.489. The number of hydrogen-bond acceptors (Lipinski definition) is 8. The predicted molar refractivity (Wildman–Crippen MR) is 132 cm³/mol. The van der Waals surface area contributed by atoms with E-state index in [1.165, 1.54) is 18.2 Å². The summed E-state index contributed by atoms with van der Waals surface area (Å²) in [6.07, 6.45) is 1.18. The summed E-state index contributed by atoms with van der Waals surface area (Å²) in [5, 5.41) is 11.2. The molecule has 3 aromatic rings. The average Bonchev–Trinajstić information content (AvgIpc) is 2.93. The van der Waals surface area contributed by atoms with Crippen LogP contribution in [-0.2, 0) is 24.1 Å². The van der Waals surface area contributed by atoms with E-state index >= 15 is 0 Å². The van der Waals surface area contributed by atoms with Crippen LogP contribution in [0, 0.1) is 10.1 Å². The summed E-state index contributed by atoms with van der Waals surface area (Å²) in [5.74, 6) is 2.13. The number of nitro groups is 1. The van der Waals surface area contributed by atoms with Gasteiger partial charge in [0.15, 0.2) is 0 Å². The molecule has 2 aliphatic heterocycles. The van der Waals surface area contributed by atoms with Gasteiger partial charge in [-0.05, 0) is 23.8 Å². The van der Waals surface area contributed by atoms with E-state index in [1.807, 2.05) is 24.3 Å². The van der Waals surface area contributed by atoms with Gasteiger partial charge >= 0.3 is 0 Å². The topological polar surface area (TPSA) is 111 Å². The SMILES string of the molecule is COc1ccc(Cc2nc3c(c(N4CCOCC4)n2)CN(C(=O)c2cccc([N+](=O)[O-])c2)CC3)cc1. The second kappa shape index (κ2) is 10.3. The number of nitro benzene ring substituents is 1. The molecule has 10 nitrogen and oxygen atoms in total. The molecule has 0 unspecified atom stereocenters. The van der Waals surface area contributed by atoms with Crippen LogP contribution in [0.15, 0.2) is 48.5 Å². The number of benzene rings is 2. The highest BCUT2D eigenvalue weighted by atomic mass is 16.6. The normalized spacial score (nSPS) is 15.4. The zero-order chi connectivity index (χ0) is 25.1. The Kier molecular flexibility index (Phi) is 6.77. The Morgan fingerprint density at radius 2 is 1.89 bits per heavy atom. The second-order valence-corrected chi connectivity index (χ2v) is 8.80. The second-order valence-electron chi connectivity index (χ2n) is 8.80.